The van der Waals surface area contributed by atoms with E-state index < -0.39 is 0 Å². The minimum Gasteiger partial charge on any atom is -0.339 e. The Labute approximate surface area is 98.7 Å². The molecule has 5 heteroatoms. The Morgan fingerprint density at radius 1 is 1.31 bits per heavy atom. The topological polar surface area (TPSA) is 56.9 Å². The normalized spacial score (nSPS) is 21.0. The van der Waals surface area contributed by atoms with Crippen LogP contribution in [0.2, 0.25) is 0 Å². The van der Waals surface area contributed by atoms with Crippen LogP contribution in [0.4, 0.5) is 0 Å². The summed E-state index contributed by atoms with van der Waals surface area (Å²) >= 11 is 0. The molecule has 1 atom stereocenters. The van der Waals surface area contributed by atoms with E-state index in [1.807, 2.05) is 6.92 Å². The molecule has 0 saturated carbocycles. The van der Waals surface area contributed by atoms with E-state index in [-0.39, 0.29) is 0 Å². The number of guanidine groups is 1. The van der Waals surface area contributed by atoms with Crippen molar-refractivity contribution in [1.82, 2.24) is 15.2 Å². The quantitative estimate of drug-likeness (QED) is 0.314. The van der Waals surface area contributed by atoms with E-state index in [0.717, 1.165) is 38.7 Å². The van der Waals surface area contributed by atoms with Crippen molar-refractivity contribution in [2.24, 2.45) is 10.8 Å². The predicted octanol–water partition coefficient (Wildman–Crippen LogP) is 0.242. The summed E-state index contributed by atoms with van der Waals surface area (Å²) in [4.78, 5) is 9.09. The third kappa shape index (κ3) is 3.35. The molecule has 1 heterocycles. The van der Waals surface area contributed by atoms with Crippen LogP contribution >= 0.6 is 0 Å². The molecule has 0 bridgehead atoms. The maximum Gasteiger partial charge on any atom is 0.208 e. The first kappa shape index (κ1) is 13.3. The molecular weight excluding hydrogens is 202 g/mol. The highest BCUT2D eigenvalue weighted by Gasteiger charge is 2.21. The molecule has 0 amide bonds. The number of hydrogen-bond donors (Lipinski definition) is 2. The Balaban J connectivity index is 2.44. The number of hydrazine groups is 1. The molecule has 5 nitrogen and oxygen atoms in total. The van der Waals surface area contributed by atoms with Gasteiger partial charge in [-0.1, -0.05) is 6.92 Å². The van der Waals surface area contributed by atoms with Crippen molar-refractivity contribution < 1.29 is 0 Å². The fourth-order valence-electron chi connectivity index (χ4n) is 2.02. The largest absolute Gasteiger partial charge is 0.339 e. The van der Waals surface area contributed by atoms with Crippen LogP contribution in [0.5, 0.6) is 0 Å². The van der Waals surface area contributed by atoms with Crippen LogP contribution in [-0.4, -0.2) is 54.5 Å². The van der Waals surface area contributed by atoms with Gasteiger partial charge >= 0.3 is 0 Å². The summed E-state index contributed by atoms with van der Waals surface area (Å²) in [7, 11) is 0. The second kappa shape index (κ2) is 6.70. The molecule has 0 aromatic carbocycles. The number of nitrogens with two attached hydrogens (primary N) is 1. The van der Waals surface area contributed by atoms with E-state index in [4.69, 9.17) is 5.84 Å². The first-order chi connectivity index (χ1) is 7.72. The number of hydrogen-bond acceptors (Lipinski definition) is 3. The molecule has 1 rings (SSSR count). The molecule has 3 N–H and O–H groups in total. The molecule has 1 unspecified atom stereocenters. The summed E-state index contributed by atoms with van der Waals surface area (Å²) in [5, 5.41) is 0. The van der Waals surface area contributed by atoms with E-state index in [0.29, 0.717) is 6.04 Å². The predicted molar refractivity (Wildman–Crippen MR) is 68.2 cm³/mol. The lowest BCUT2D eigenvalue weighted by Crippen LogP contribution is -2.55. The third-order valence-corrected chi connectivity index (χ3v) is 3.26. The van der Waals surface area contributed by atoms with Gasteiger partial charge in [-0.25, -0.2) is 5.84 Å². The van der Waals surface area contributed by atoms with E-state index >= 15 is 0 Å². The number of aliphatic imine (C=N–C) groups is 1. The van der Waals surface area contributed by atoms with Gasteiger partial charge in [-0.3, -0.25) is 15.3 Å². The van der Waals surface area contributed by atoms with E-state index in [2.05, 4.69) is 34.1 Å². The number of nitrogens with one attached hydrogen (secondary N) is 1. The molecule has 1 saturated heterocycles. The van der Waals surface area contributed by atoms with Crippen molar-refractivity contribution in [3.8, 4) is 0 Å². The second-order valence-electron chi connectivity index (χ2n) is 4.22. The Morgan fingerprint density at radius 3 is 2.38 bits per heavy atom. The van der Waals surface area contributed by atoms with Gasteiger partial charge in [0.15, 0.2) is 0 Å². The van der Waals surface area contributed by atoms with Crippen molar-refractivity contribution in [2.45, 2.75) is 33.2 Å². The summed E-state index contributed by atoms with van der Waals surface area (Å²) in [5.74, 6) is 6.30. The van der Waals surface area contributed by atoms with Gasteiger partial charge in [0.25, 0.3) is 0 Å². The Morgan fingerprint density at radius 2 is 1.94 bits per heavy atom. The maximum absolute atomic E-state index is 5.47. The van der Waals surface area contributed by atoms with Gasteiger partial charge in [0.05, 0.1) is 0 Å². The minimum absolute atomic E-state index is 0.680. The van der Waals surface area contributed by atoms with Crippen LogP contribution in [0, 0.1) is 0 Å². The van der Waals surface area contributed by atoms with Crippen molar-refractivity contribution in [2.75, 3.05) is 32.7 Å². The SMILES string of the molecule is CCN=C(NN)N1CCN(C(C)CC)CC1. The van der Waals surface area contributed by atoms with Crippen molar-refractivity contribution in [3.63, 3.8) is 0 Å². The molecule has 1 fully saturated rings. The minimum atomic E-state index is 0.680. The smallest absolute Gasteiger partial charge is 0.208 e. The molecule has 94 valence electrons. The lowest BCUT2D eigenvalue weighted by molar-refractivity contribution is 0.135. The number of rotatable bonds is 3. The van der Waals surface area contributed by atoms with Gasteiger partial charge < -0.3 is 4.90 Å². The zero-order valence-corrected chi connectivity index (χ0v) is 10.7. The molecule has 1 aliphatic heterocycles. The molecular formula is C11H25N5. The van der Waals surface area contributed by atoms with Crippen LogP contribution in [0.15, 0.2) is 4.99 Å². The van der Waals surface area contributed by atoms with Gasteiger partial charge in [0.1, 0.15) is 0 Å². The van der Waals surface area contributed by atoms with Crippen molar-refractivity contribution >= 4 is 5.96 Å². The monoisotopic (exact) mass is 227 g/mol. The summed E-state index contributed by atoms with van der Waals surface area (Å²) in [5.41, 5.74) is 2.69. The van der Waals surface area contributed by atoms with E-state index in [1.54, 1.807) is 0 Å². The van der Waals surface area contributed by atoms with E-state index in [1.165, 1.54) is 6.42 Å². The summed E-state index contributed by atoms with van der Waals surface area (Å²) in [6.45, 7) is 11.5. The van der Waals surface area contributed by atoms with Gasteiger partial charge in [-0.05, 0) is 20.3 Å². The highest BCUT2D eigenvalue weighted by atomic mass is 15.4. The first-order valence-corrected chi connectivity index (χ1v) is 6.23. The highest BCUT2D eigenvalue weighted by molar-refractivity contribution is 5.79. The maximum atomic E-state index is 5.47. The summed E-state index contributed by atoms with van der Waals surface area (Å²) in [6.07, 6.45) is 1.21. The zero-order valence-electron chi connectivity index (χ0n) is 10.7. The van der Waals surface area contributed by atoms with Crippen LogP contribution in [0.1, 0.15) is 27.2 Å². The first-order valence-electron chi connectivity index (χ1n) is 6.23. The van der Waals surface area contributed by atoms with Gasteiger partial charge in [-0.2, -0.15) is 0 Å². The van der Waals surface area contributed by atoms with Crippen LogP contribution < -0.4 is 11.3 Å². The van der Waals surface area contributed by atoms with E-state index in [9.17, 15) is 0 Å². The van der Waals surface area contributed by atoms with Gasteiger partial charge in [0.2, 0.25) is 5.96 Å². The highest BCUT2D eigenvalue weighted by Crippen LogP contribution is 2.08. The molecule has 0 spiro atoms. The average molecular weight is 227 g/mol. The van der Waals surface area contributed by atoms with Crippen LogP contribution in [0.25, 0.3) is 0 Å². The lowest BCUT2D eigenvalue weighted by atomic mass is 10.2. The molecule has 0 aliphatic carbocycles. The molecule has 0 radical (unpaired) electrons. The summed E-state index contributed by atoms with van der Waals surface area (Å²) < 4.78 is 0. The Bertz CT molecular complexity index is 220. The standard InChI is InChI=1S/C11H25N5/c1-4-10(3)15-6-8-16(9-7-15)11(14-12)13-5-2/h10H,4-9,12H2,1-3H3,(H,13,14). The Hall–Kier alpha value is -0.810. The molecule has 16 heavy (non-hydrogen) atoms. The molecule has 0 aromatic rings. The zero-order chi connectivity index (χ0) is 12.0. The van der Waals surface area contributed by atoms with Crippen LogP contribution in [0.3, 0.4) is 0 Å². The van der Waals surface area contributed by atoms with Gasteiger partial charge in [-0.15, -0.1) is 0 Å². The average Bonchev–Trinajstić information content (AvgIpc) is 2.35. The van der Waals surface area contributed by atoms with Gasteiger partial charge in [0, 0.05) is 38.8 Å². The summed E-state index contributed by atoms with van der Waals surface area (Å²) in [6, 6.07) is 0.680. The fourth-order valence-corrected chi connectivity index (χ4v) is 2.02. The third-order valence-electron chi connectivity index (χ3n) is 3.26. The lowest BCUT2D eigenvalue weighted by Gasteiger charge is -2.38. The molecule has 1 aliphatic rings. The number of nitrogens with zero attached hydrogens (tertiary/aromatic N) is 3. The fraction of sp³-hybridized carbons (Fsp3) is 0.909. The van der Waals surface area contributed by atoms with Crippen molar-refractivity contribution in [3.05, 3.63) is 0 Å². The molecule has 0 aromatic heterocycles. The Kier molecular flexibility index (Phi) is 5.55. The van der Waals surface area contributed by atoms with Crippen molar-refractivity contribution in [1.29, 1.82) is 0 Å². The number of piperazine rings is 1. The van der Waals surface area contributed by atoms with Crippen LogP contribution in [-0.2, 0) is 0 Å². The second-order valence-corrected chi connectivity index (χ2v) is 4.22.